The summed E-state index contributed by atoms with van der Waals surface area (Å²) in [5.41, 5.74) is 1.98. The van der Waals surface area contributed by atoms with Crippen LogP contribution in [0.2, 0.25) is 0 Å². The molecule has 0 aromatic carbocycles. The minimum Gasteiger partial charge on any atom is -0.387 e. The van der Waals surface area contributed by atoms with Gasteiger partial charge in [-0.25, -0.2) is 0 Å². The molecule has 0 radical (unpaired) electrons. The standard InChI is InChI=1S/C20H40N2O4/c1-5-7-8-19(3)21-9-12-23-14-16-25-17-15-24-13-10-22-20(4)18-26-11-6-2/h21-22H,3-18H2,1-2H3. The molecule has 0 aromatic rings. The predicted molar refractivity (Wildman–Crippen MR) is 107 cm³/mol. The number of hydrogen-bond donors (Lipinski definition) is 2. The van der Waals surface area contributed by atoms with E-state index in [2.05, 4.69) is 37.6 Å². The first kappa shape index (κ1) is 24.9. The van der Waals surface area contributed by atoms with Crippen molar-refractivity contribution < 1.29 is 18.9 Å². The molecule has 154 valence electrons. The SMILES string of the molecule is C=C(CCCC)NCCOCCOCCOCCNC(=C)COCCC. The molecule has 0 aliphatic carbocycles. The maximum Gasteiger partial charge on any atom is 0.0856 e. The molecule has 0 saturated heterocycles. The molecule has 0 fully saturated rings. The van der Waals surface area contributed by atoms with E-state index < -0.39 is 0 Å². The molecule has 26 heavy (non-hydrogen) atoms. The Kier molecular flexibility index (Phi) is 19.4. The Morgan fingerprint density at radius 3 is 1.73 bits per heavy atom. The molecule has 0 atom stereocenters. The Bertz CT molecular complexity index is 338. The van der Waals surface area contributed by atoms with Gasteiger partial charge in [0.1, 0.15) is 0 Å². The van der Waals surface area contributed by atoms with Gasteiger partial charge in [0.05, 0.1) is 46.2 Å². The number of nitrogens with one attached hydrogen (secondary N) is 2. The first-order chi connectivity index (χ1) is 12.7. The zero-order valence-corrected chi connectivity index (χ0v) is 16.9. The zero-order valence-electron chi connectivity index (χ0n) is 16.9. The van der Waals surface area contributed by atoms with Gasteiger partial charge < -0.3 is 29.6 Å². The van der Waals surface area contributed by atoms with Gasteiger partial charge in [-0.15, -0.1) is 0 Å². The van der Waals surface area contributed by atoms with E-state index in [1.54, 1.807) is 0 Å². The topological polar surface area (TPSA) is 61.0 Å². The predicted octanol–water partition coefficient (Wildman–Crippen LogP) is 2.86. The lowest BCUT2D eigenvalue weighted by molar-refractivity contribution is 0.0160. The summed E-state index contributed by atoms with van der Waals surface area (Å²) in [7, 11) is 0. The number of ether oxygens (including phenoxy) is 4. The van der Waals surface area contributed by atoms with Gasteiger partial charge >= 0.3 is 0 Å². The number of hydrogen-bond acceptors (Lipinski definition) is 6. The van der Waals surface area contributed by atoms with E-state index in [0.29, 0.717) is 46.2 Å². The summed E-state index contributed by atoms with van der Waals surface area (Å²) >= 11 is 0. The maximum absolute atomic E-state index is 5.50. The lowest BCUT2D eigenvalue weighted by Crippen LogP contribution is -2.22. The third-order valence-corrected chi connectivity index (χ3v) is 3.44. The summed E-state index contributed by atoms with van der Waals surface area (Å²) in [6.07, 6.45) is 4.43. The van der Waals surface area contributed by atoms with Crippen molar-refractivity contribution in [2.45, 2.75) is 39.5 Å². The number of rotatable bonds is 21. The monoisotopic (exact) mass is 372 g/mol. The molecule has 0 aromatic heterocycles. The number of unbranched alkanes of at least 4 members (excludes halogenated alkanes) is 1. The van der Waals surface area contributed by atoms with Crippen LogP contribution in [-0.4, -0.2) is 65.9 Å². The van der Waals surface area contributed by atoms with E-state index in [1.165, 1.54) is 12.8 Å². The fourth-order valence-corrected chi connectivity index (χ4v) is 2.01. The smallest absolute Gasteiger partial charge is 0.0856 e. The maximum atomic E-state index is 5.50. The minimum atomic E-state index is 0.555. The van der Waals surface area contributed by atoms with Crippen molar-refractivity contribution in [2.75, 3.05) is 65.9 Å². The third kappa shape index (κ3) is 19.2. The summed E-state index contributed by atoms with van der Waals surface area (Å²) in [5, 5.41) is 6.44. The lowest BCUT2D eigenvalue weighted by atomic mass is 10.2. The van der Waals surface area contributed by atoms with Crippen molar-refractivity contribution in [1.82, 2.24) is 10.6 Å². The fourth-order valence-electron chi connectivity index (χ4n) is 2.01. The molecule has 0 spiro atoms. The first-order valence-electron chi connectivity index (χ1n) is 9.84. The Labute approximate surface area is 160 Å². The van der Waals surface area contributed by atoms with Gasteiger partial charge in [-0.3, -0.25) is 0 Å². The summed E-state index contributed by atoms with van der Waals surface area (Å²) < 4.78 is 21.8. The molecule has 0 unspecified atom stereocenters. The van der Waals surface area contributed by atoms with E-state index >= 15 is 0 Å². The van der Waals surface area contributed by atoms with Gasteiger partial charge in [-0.1, -0.05) is 33.4 Å². The second-order valence-corrected chi connectivity index (χ2v) is 6.05. The van der Waals surface area contributed by atoms with Gasteiger partial charge in [-0.2, -0.15) is 0 Å². The molecule has 0 aliphatic rings. The summed E-state index contributed by atoms with van der Waals surface area (Å²) in [6, 6.07) is 0. The molecule has 6 nitrogen and oxygen atoms in total. The summed E-state index contributed by atoms with van der Waals surface area (Å²) in [5.74, 6) is 0. The molecule has 0 saturated carbocycles. The average molecular weight is 373 g/mol. The molecular formula is C20H40N2O4. The van der Waals surface area contributed by atoms with Gasteiger partial charge in [-0.05, 0) is 19.3 Å². The highest BCUT2D eigenvalue weighted by Gasteiger charge is 1.96. The van der Waals surface area contributed by atoms with Crippen LogP contribution in [-0.2, 0) is 18.9 Å². The average Bonchev–Trinajstić information content (AvgIpc) is 2.64. The van der Waals surface area contributed by atoms with E-state index in [1.807, 2.05) is 0 Å². The van der Waals surface area contributed by atoms with E-state index in [-0.39, 0.29) is 0 Å². The van der Waals surface area contributed by atoms with Crippen molar-refractivity contribution >= 4 is 0 Å². The quantitative estimate of drug-likeness (QED) is 0.302. The van der Waals surface area contributed by atoms with Gasteiger partial charge in [0, 0.05) is 31.1 Å². The zero-order chi connectivity index (χ0) is 19.3. The van der Waals surface area contributed by atoms with Crippen LogP contribution >= 0.6 is 0 Å². The highest BCUT2D eigenvalue weighted by Crippen LogP contribution is 2.00. The molecular weight excluding hydrogens is 332 g/mol. The highest BCUT2D eigenvalue weighted by atomic mass is 16.5. The largest absolute Gasteiger partial charge is 0.387 e. The molecule has 0 heterocycles. The van der Waals surface area contributed by atoms with E-state index in [0.717, 1.165) is 43.9 Å². The van der Waals surface area contributed by atoms with Crippen LogP contribution in [0.4, 0.5) is 0 Å². The second-order valence-electron chi connectivity index (χ2n) is 6.05. The van der Waals surface area contributed by atoms with Crippen LogP contribution in [0.15, 0.2) is 24.6 Å². The number of allylic oxidation sites excluding steroid dienone is 1. The van der Waals surface area contributed by atoms with Crippen LogP contribution in [0.3, 0.4) is 0 Å². The third-order valence-electron chi connectivity index (χ3n) is 3.44. The first-order valence-corrected chi connectivity index (χ1v) is 9.84. The highest BCUT2D eigenvalue weighted by molar-refractivity contribution is 4.90. The van der Waals surface area contributed by atoms with Crippen molar-refractivity contribution in [3.8, 4) is 0 Å². The Morgan fingerprint density at radius 2 is 1.19 bits per heavy atom. The minimum absolute atomic E-state index is 0.555. The van der Waals surface area contributed by atoms with Crippen molar-refractivity contribution in [2.24, 2.45) is 0 Å². The van der Waals surface area contributed by atoms with Crippen LogP contribution < -0.4 is 10.6 Å². The molecule has 6 heteroatoms. The second kappa shape index (κ2) is 20.2. The molecule has 0 amide bonds. The molecule has 0 aliphatic heterocycles. The van der Waals surface area contributed by atoms with Gasteiger partial charge in [0.25, 0.3) is 0 Å². The van der Waals surface area contributed by atoms with Crippen LogP contribution in [0, 0.1) is 0 Å². The Morgan fingerprint density at radius 1 is 0.654 bits per heavy atom. The van der Waals surface area contributed by atoms with Crippen LogP contribution in [0.1, 0.15) is 39.5 Å². The van der Waals surface area contributed by atoms with Crippen molar-refractivity contribution in [3.63, 3.8) is 0 Å². The van der Waals surface area contributed by atoms with Gasteiger partial charge in [0.2, 0.25) is 0 Å². The summed E-state index contributed by atoms with van der Waals surface area (Å²) in [6.45, 7) is 18.6. The van der Waals surface area contributed by atoms with Crippen LogP contribution in [0.5, 0.6) is 0 Å². The van der Waals surface area contributed by atoms with E-state index in [9.17, 15) is 0 Å². The summed E-state index contributed by atoms with van der Waals surface area (Å²) in [4.78, 5) is 0. The molecule has 0 rings (SSSR count). The molecule has 2 N–H and O–H groups in total. The lowest BCUT2D eigenvalue weighted by Gasteiger charge is -2.11. The van der Waals surface area contributed by atoms with E-state index in [4.69, 9.17) is 18.9 Å². The normalized spacial score (nSPS) is 10.7. The van der Waals surface area contributed by atoms with Crippen molar-refractivity contribution in [1.29, 1.82) is 0 Å². The fraction of sp³-hybridized carbons (Fsp3) is 0.800. The van der Waals surface area contributed by atoms with Crippen molar-refractivity contribution in [3.05, 3.63) is 24.6 Å². The Balaban J connectivity index is 3.15. The van der Waals surface area contributed by atoms with Crippen LogP contribution in [0.25, 0.3) is 0 Å². The molecule has 0 bridgehead atoms. The van der Waals surface area contributed by atoms with Gasteiger partial charge in [0.15, 0.2) is 0 Å². The Hall–Kier alpha value is -1.08.